The number of rotatable bonds is 0. The van der Waals surface area contributed by atoms with Crippen LogP contribution in [0.25, 0.3) is 0 Å². The number of ketones is 1. The molecule has 210 valence electrons. The topological polar surface area (TPSA) is 166 Å². The molecule has 0 heterocycles. The van der Waals surface area contributed by atoms with Crippen molar-refractivity contribution in [3.05, 3.63) is 0 Å². The van der Waals surface area contributed by atoms with Crippen LogP contribution >= 0.6 is 0 Å². The van der Waals surface area contributed by atoms with Gasteiger partial charge in [-0.3, -0.25) is 0 Å². The Morgan fingerprint density at radius 1 is 0.412 bits per heavy atom. The normalized spacial score (nSPS) is 10.1. The third kappa shape index (κ3) is 52.1. The number of carboxylic acids is 4. The van der Waals surface area contributed by atoms with E-state index in [9.17, 15) is 57.5 Å². The van der Waals surface area contributed by atoms with Crippen LogP contribution in [-0.2, 0) is 62.9 Å². The number of hydrogen-bond acceptors (Lipinski definition) is 5. The van der Waals surface area contributed by atoms with Crippen molar-refractivity contribution in [2.75, 3.05) is 0 Å². The minimum atomic E-state index is -5.08. The van der Waals surface area contributed by atoms with Gasteiger partial charge < -0.3 is 25.2 Å². The fraction of sp³-hybridized carbons (Fsp3) is 0.545. The largest absolute Gasteiger partial charge is 0.490 e. The van der Waals surface area contributed by atoms with Gasteiger partial charge in [0.15, 0.2) is 0 Å². The number of hydrogen-bond donors (Lipinski definition) is 4. The molecule has 0 rings (SSSR count). The summed E-state index contributed by atoms with van der Waals surface area (Å²) in [7, 11) is 0. The van der Waals surface area contributed by atoms with Gasteiger partial charge in [0.05, 0.1) is 0 Å². The summed E-state index contributed by atoms with van der Waals surface area (Å²) in [5.74, 6) is -10.9. The average Bonchev–Trinajstić information content (AvgIpc) is 2.44. The van der Waals surface area contributed by atoms with E-state index in [0.717, 1.165) is 0 Å². The Labute approximate surface area is 204 Å². The Hall–Kier alpha value is -2.04. The zero-order valence-corrected chi connectivity index (χ0v) is 18.8. The average molecular weight is 720 g/mol. The second kappa shape index (κ2) is 20.3. The standard InChI is InChI=1S/C3H6O.4C2HF3O2.2Rh/c1-3(2)4;4*3-2(4,5)1(6)7;;/h1-2H3;4*(H,6,7);;. The molecule has 34 heavy (non-hydrogen) atoms. The van der Waals surface area contributed by atoms with Crippen molar-refractivity contribution in [1.82, 2.24) is 0 Å². The summed E-state index contributed by atoms with van der Waals surface area (Å²) in [5.41, 5.74) is 0. The molecule has 0 saturated carbocycles. The predicted molar refractivity (Wildman–Crippen MR) is 71.1 cm³/mol. The Balaban J connectivity index is -0.0000000534. The third-order valence-corrected chi connectivity index (χ3v) is 0.970. The van der Waals surface area contributed by atoms with Crippen LogP contribution in [-0.4, -0.2) is 74.8 Å². The van der Waals surface area contributed by atoms with Crippen molar-refractivity contribution in [2.24, 2.45) is 0 Å². The van der Waals surface area contributed by atoms with Gasteiger partial charge in [0.2, 0.25) is 0 Å². The van der Waals surface area contributed by atoms with Gasteiger partial charge in [-0.1, -0.05) is 0 Å². The smallest absolute Gasteiger partial charge is 0.475 e. The van der Waals surface area contributed by atoms with Crippen LogP contribution in [0.5, 0.6) is 0 Å². The van der Waals surface area contributed by atoms with Gasteiger partial charge in [-0.25, -0.2) is 19.2 Å². The molecule has 0 aromatic rings. The van der Waals surface area contributed by atoms with Crippen molar-refractivity contribution < 1.29 is 136 Å². The number of halogens is 12. The van der Waals surface area contributed by atoms with Crippen molar-refractivity contribution >= 4 is 29.7 Å². The molecule has 0 spiro atoms. The minimum absolute atomic E-state index is 0. The Bertz CT molecular complexity index is 525. The van der Waals surface area contributed by atoms with Crippen LogP contribution in [0.3, 0.4) is 0 Å². The van der Waals surface area contributed by atoms with Crippen molar-refractivity contribution in [2.45, 2.75) is 38.6 Å². The summed E-state index contributed by atoms with van der Waals surface area (Å²) in [4.78, 5) is 45.0. The Kier molecular flexibility index (Phi) is 29.4. The van der Waals surface area contributed by atoms with Gasteiger partial charge in [0.25, 0.3) is 0 Å². The van der Waals surface area contributed by atoms with Crippen LogP contribution in [0.1, 0.15) is 13.8 Å². The number of carbonyl (C=O) groups is 5. The summed E-state index contributed by atoms with van der Waals surface area (Å²) in [6.07, 6.45) is -20.3. The Morgan fingerprint density at radius 3 is 0.441 bits per heavy atom. The molecule has 4 N–H and O–H groups in total. The number of alkyl halides is 12. The molecule has 0 fully saturated rings. The third-order valence-electron chi connectivity index (χ3n) is 0.970. The molecule has 2 radical (unpaired) electrons. The van der Waals surface area contributed by atoms with Crippen molar-refractivity contribution in [3.63, 3.8) is 0 Å². The van der Waals surface area contributed by atoms with E-state index in [1.54, 1.807) is 0 Å². The molecule has 0 aliphatic rings. The van der Waals surface area contributed by atoms with E-state index in [-0.39, 0.29) is 44.7 Å². The first-order chi connectivity index (χ1) is 13.5. The van der Waals surface area contributed by atoms with Crippen molar-refractivity contribution in [1.29, 1.82) is 0 Å². The second-order valence-corrected chi connectivity index (χ2v) is 4.12. The Morgan fingerprint density at radius 2 is 0.441 bits per heavy atom. The first-order valence-electron chi connectivity index (χ1n) is 6.18. The van der Waals surface area contributed by atoms with Gasteiger partial charge in [-0.15, -0.1) is 0 Å². The monoisotopic (exact) mass is 720 g/mol. The number of Topliss-reactive ketones (excluding diaryl/α,β-unsaturated/α-hetero) is 1. The number of carbonyl (C=O) groups excluding carboxylic acids is 1. The SMILES string of the molecule is CC(C)=O.O=C(O)C(F)(F)F.O=C(O)C(F)(F)F.O=C(O)C(F)(F)F.O=C(O)C(F)(F)F.[Rh].[Rh]. The summed E-state index contributed by atoms with van der Waals surface area (Å²) in [6, 6.07) is 0. The number of carboxylic acid groups (broad SMARTS) is 4. The molecule has 0 aliphatic carbocycles. The van der Waals surface area contributed by atoms with E-state index >= 15 is 0 Å². The summed E-state index contributed by atoms with van der Waals surface area (Å²) in [6.45, 7) is 3.06. The second-order valence-electron chi connectivity index (χ2n) is 4.12. The molecule has 0 aliphatic heterocycles. The molecule has 0 amide bonds. The van der Waals surface area contributed by atoms with Crippen LogP contribution in [0.2, 0.25) is 0 Å². The number of aliphatic carboxylic acids is 4. The van der Waals surface area contributed by atoms with E-state index in [4.69, 9.17) is 39.6 Å². The summed E-state index contributed by atoms with van der Waals surface area (Å²) in [5, 5.41) is 28.5. The van der Waals surface area contributed by atoms with E-state index in [1.807, 2.05) is 0 Å². The van der Waals surface area contributed by atoms with E-state index in [2.05, 4.69) is 0 Å². The molecular weight excluding hydrogens is 710 g/mol. The maximum atomic E-state index is 10.6. The molecule has 0 unspecified atom stereocenters. The molecule has 0 bridgehead atoms. The fourth-order valence-electron chi connectivity index (χ4n) is 0. The van der Waals surface area contributed by atoms with E-state index in [1.165, 1.54) is 13.8 Å². The van der Waals surface area contributed by atoms with Crippen molar-refractivity contribution in [3.8, 4) is 0 Å². The molecular formula is C11H10F12O9Rh2. The molecule has 0 saturated heterocycles. The summed E-state index contributed by atoms with van der Waals surface area (Å²) < 4.78 is 127. The van der Waals surface area contributed by atoms with E-state index in [0.29, 0.717) is 0 Å². The van der Waals surface area contributed by atoms with Crippen LogP contribution in [0.15, 0.2) is 0 Å². The maximum Gasteiger partial charge on any atom is 0.490 e. The van der Waals surface area contributed by atoms with Gasteiger partial charge in [-0.05, 0) is 13.8 Å². The predicted octanol–water partition coefficient (Wildman–Crippen LogP) is 3.12. The van der Waals surface area contributed by atoms with Gasteiger partial charge in [0.1, 0.15) is 5.78 Å². The maximum absolute atomic E-state index is 10.6. The first kappa shape index (κ1) is 49.2. The quantitative estimate of drug-likeness (QED) is 0.217. The summed E-state index contributed by atoms with van der Waals surface area (Å²) >= 11 is 0. The van der Waals surface area contributed by atoms with E-state index < -0.39 is 48.6 Å². The van der Waals surface area contributed by atoms with Gasteiger partial charge in [-0.2, -0.15) is 52.7 Å². The van der Waals surface area contributed by atoms with Gasteiger partial charge >= 0.3 is 48.6 Å². The van der Waals surface area contributed by atoms with Crippen LogP contribution in [0.4, 0.5) is 52.7 Å². The minimum Gasteiger partial charge on any atom is -0.475 e. The zero-order valence-electron chi connectivity index (χ0n) is 15.5. The van der Waals surface area contributed by atoms with Crippen LogP contribution < -0.4 is 0 Å². The molecule has 0 aromatic carbocycles. The molecule has 0 atom stereocenters. The molecule has 9 nitrogen and oxygen atoms in total. The molecule has 23 heteroatoms. The first-order valence-corrected chi connectivity index (χ1v) is 6.18. The zero-order chi connectivity index (χ0) is 27.9. The van der Waals surface area contributed by atoms with Crippen LogP contribution in [0, 0.1) is 0 Å². The fourth-order valence-corrected chi connectivity index (χ4v) is 0. The van der Waals surface area contributed by atoms with Gasteiger partial charge in [0, 0.05) is 39.0 Å². The molecule has 0 aromatic heterocycles.